The third-order valence-corrected chi connectivity index (χ3v) is 5.77. The molecule has 1 amide bonds. The van der Waals surface area contributed by atoms with Crippen LogP contribution in [0.4, 0.5) is 32.2 Å². The molecular formula is C23H15F6N5O. The van der Waals surface area contributed by atoms with E-state index in [0.29, 0.717) is 17.4 Å². The summed E-state index contributed by atoms with van der Waals surface area (Å²) in [5.74, 6) is -0.806. The number of nitrogens with zero attached hydrogens (tertiary/aromatic N) is 4. The highest BCUT2D eigenvalue weighted by Crippen LogP contribution is 2.44. The Bertz CT molecular complexity index is 1420. The van der Waals surface area contributed by atoms with E-state index in [9.17, 15) is 31.1 Å². The number of aromatic nitrogens is 2. The van der Waals surface area contributed by atoms with Crippen molar-refractivity contribution < 1.29 is 31.1 Å². The Morgan fingerprint density at radius 1 is 1.03 bits per heavy atom. The summed E-state index contributed by atoms with van der Waals surface area (Å²) in [6, 6.07) is 5.61. The molecule has 0 radical (unpaired) electrons. The lowest BCUT2D eigenvalue weighted by Crippen LogP contribution is -2.40. The molecule has 3 aromatic rings. The number of hydrogen-bond acceptors (Lipinski definition) is 4. The lowest BCUT2D eigenvalue weighted by molar-refractivity contribution is -0.137. The van der Waals surface area contributed by atoms with Gasteiger partial charge in [0.2, 0.25) is 5.91 Å². The predicted molar refractivity (Wildman–Crippen MR) is 116 cm³/mol. The van der Waals surface area contributed by atoms with Gasteiger partial charge in [0.15, 0.2) is 0 Å². The number of carbonyl (C=O) groups is 1. The average Bonchev–Trinajstić information content (AvgIpc) is 3.22. The number of benzene rings is 2. The van der Waals surface area contributed by atoms with Crippen molar-refractivity contribution in [3.05, 3.63) is 76.5 Å². The van der Waals surface area contributed by atoms with Gasteiger partial charge < -0.3 is 10.6 Å². The molecule has 1 aromatic heterocycles. The minimum atomic E-state index is -5.06. The Labute approximate surface area is 194 Å². The van der Waals surface area contributed by atoms with Crippen LogP contribution in [0.15, 0.2) is 53.7 Å². The van der Waals surface area contributed by atoms with Crippen LogP contribution >= 0.6 is 0 Å². The van der Waals surface area contributed by atoms with E-state index in [0.717, 1.165) is 30.3 Å². The van der Waals surface area contributed by atoms with Crippen molar-refractivity contribution in [2.75, 3.05) is 11.4 Å². The van der Waals surface area contributed by atoms with E-state index >= 15 is 0 Å². The monoisotopic (exact) mass is 491 g/mol. The van der Waals surface area contributed by atoms with Crippen LogP contribution in [0.3, 0.4) is 0 Å². The fourth-order valence-electron chi connectivity index (χ4n) is 4.33. The van der Waals surface area contributed by atoms with E-state index < -0.39 is 46.1 Å². The van der Waals surface area contributed by atoms with Gasteiger partial charge in [-0.15, -0.1) is 0 Å². The number of carbonyl (C=O) groups excluding carboxylic acids is 1. The van der Waals surface area contributed by atoms with Gasteiger partial charge in [-0.3, -0.25) is 9.79 Å². The molecule has 3 heterocycles. The van der Waals surface area contributed by atoms with Crippen molar-refractivity contribution in [1.82, 2.24) is 9.78 Å². The van der Waals surface area contributed by atoms with E-state index in [2.05, 4.69) is 10.1 Å². The Morgan fingerprint density at radius 2 is 1.80 bits per heavy atom. The van der Waals surface area contributed by atoms with E-state index in [1.165, 1.54) is 15.8 Å². The van der Waals surface area contributed by atoms with Gasteiger partial charge in [-0.25, -0.2) is 4.68 Å². The molecule has 2 aliphatic rings. The molecule has 0 spiro atoms. The first-order valence-corrected chi connectivity index (χ1v) is 10.2. The molecule has 0 bridgehead atoms. The molecule has 0 saturated heterocycles. The molecule has 2 aromatic carbocycles. The van der Waals surface area contributed by atoms with Crippen molar-refractivity contribution >= 4 is 23.8 Å². The molecule has 0 aliphatic carbocycles. The summed E-state index contributed by atoms with van der Waals surface area (Å²) < 4.78 is 85.2. The second kappa shape index (κ2) is 7.72. The van der Waals surface area contributed by atoms with Gasteiger partial charge >= 0.3 is 12.4 Å². The summed E-state index contributed by atoms with van der Waals surface area (Å²) >= 11 is 0. The molecule has 180 valence electrons. The maximum absolute atomic E-state index is 14.6. The molecule has 5 rings (SSSR count). The van der Waals surface area contributed by atoms with Crippen LogP contribution in [0.25, 0.3) is 17.3 Å². The van der Waals surface area contributed by atoms with Crippen LogP contribution in [-0.2, 0) is 18.9 Å². The molecule has 2 aliphatic heterocycles. The SMILES string of the molecule is NC(=O)c1ccc(-c2cccc(C(F)(F)F)c2)c(C(F)(F)F)c1C1=NCc2cnn3c2N1CC=C3. The van der Waals surface area contributed by atoms with Gasteiger partial charge in [0.1, 0.15) is 11.7 Å². The maximum Gasteiger partial charge on any atom is 0.417 e. The van der Waals surface area contributed by atoms with Crippen LogP contribution in [0.2, 0.25) is 0 Å². The molecule has 2 N–H and O–H groups in total. The van der Waals surface area contributed by atoms with Crippen molar-refractivity contribution in [3.63, 3.8) is 0 Å². The highest BCUT2D eigenvalue weighted by molar-refractivity contribution is 6.18. The summed E-state index contributed by atoms with van der Waals surface area (Å²) in [7, 11) is 0. The number of hydrogen-bond donors (Lipinski definition) is 1. The lowest BCUT2D eigenvalue weighted by Gasteiger charge is -2.33. The van der Waals surface area contributed by atoms with Crippen LogP contribution in [0.5, 0.6) is 0 Å². The number of amidine groups is 1. The van der Waals surface area contributed by atoms with Gasteiger partial charge in [0.25, 0.3) is 0 Å². The molecule has 0 fully saturated rings. The minimum absolute atomic E-state index is 0.00169. The van der Waals surface area contributed by atoms with E-state index in [1.54, 1.807) is 12.3 Å². The maximum atomic E-state index is 14.6. The fraction of sp³-hybridized carbons (Fsp3) is 0.174. The summed E-state index contributed by atoms with van der Waals surface area (Å²) in [5.41, 5.74) is 1.84. The molecule has 12 heteroatoms. The third kappa shape index (κ3) is 3.74. The second-order valence-corrected chi connectivity index (χ2v) is 7.92. The Hall–Kier alpha value is -4.09. The van der Waals surface area contributed by atoms with Crippen LogP contribution in [0.1, 0.15) is 32.6 Å². The molecule has 6 nitrogen and oxygen atoms in total. The average molecular weight is 491 g/mol. The summed E-state index contributed by atoms with van der Waals surface area (Å²) in [6.45, 7) is 0.138. The number of amides is 1. The normalized spacial score (nSPS) is 15.1. The highest BCUT2D eigenvalue weighted by Gasteiger charge is 2.42. The molecule has 0 atom stereocenters. The second-order valence-electron chi connectivity index (χ2n) is 7.92. The Balaban J connectivity index is 1.80. The van der Waals surface area contributed by atoms with Gasteiger partial charge in [0, 0.05) is 23.9 Å². The number of primary amides is 1. The number of nitrogens with two attached hydrogens (primary N) is 1. The topological polar surface area (TPSA) is 76.5 Å². The molecule has 0 unspecified atom stereocenters. The molecular weight excluding hydrogens is 476 g/mol. The minimum Gasteiger partial charge on any atom is -0.366 e. The number of aliphatic imine (C=N–C) groups is 1. The highest BCUT2D eigenvalue weighted by atomic mass is 19.4. The summed E-state index contributed by atoms with van der Waals surface area (Å²) in [4.78, 5) is 18.0. The van der Waals surface area contributed by atoms with Crippen LogP contribution < -0.4 is 10.6 Å². The standard InChI is InChI=1S/C23H15F6N5O/c24-22(25,26)14-4-1-3-12(9-14)15-5-6-16(19(30)35)17(18(15)23(27,28)29)20-31-10-13-11-32-34-8-2-7-33(20)21(13)34/h1-6,8-9,11H,7,10H2,(H2,30,35). The third-order valence-electron chi connectivity index (χ3n) is 5.77. The molecule has 35 heavy (non-hydrogen) atoms. The first kappa shape index (κ1) is 22.7. The van der Waals surface area contributed by atoms with Crippen LogP contribution in [0, 0.1) is 0 Å². The van der Waals surface area contributed by atoms with Crippen molar-refractivity contribution in [3.8, 4) is 11.1 Å². The van der Waals surface area contributed by atoms with Gasteiger partial charge in [-0.1, -0.05) is 18.2 Å². The quantitative estimate of drug-likeness (QED) is 0.528. The van der Waals surface area contributed by atoms with Crippen molar-refractivity contribution in [2.45, 2.75) is 18.9 Å². The Kier molecular flexibility index (Phi) is 5.00. The van der Waals surface area contributed by atoms with Crippen LogP contribution in [-0.4, -0.2) is 28.1 Å². The van der Waals surface area contributed by atoms with E-state index in [1.807, 2.05) is 0 Å². The first-order valence-electron chi connectivity index (χ1n) is 10.2. The smallest absolute Gasteiger partial charge is 0.366 e. The predicted octanol–water partition coefficient (Wildman–Crippen LogP) is 4.94. The first-order chi connectivity index (χ1) is 16.5. The van der Waals surface area contributed by atoms with Crippen molar-refractivity contribution in [2.24, 2.45) is 10.7 Å². The number of anilines is 1. The zero-order valence-electron chi connectivity index (χ0n) is 17.7. The van der Waals surface area contributed by atoms with Gasteiger partial charge in [-0.2, -0.15) is 31.4 Å². The van der Waals surface area contributed by atoms with E-state index in [4.69, 9.17) is 5.73 Å². The summed E-state index contributed by atoms with van der Waals surface area (Å²) in [5, 5.41) is 4.17. The largest absolute Gasteiger partial charge is 0.417 e. The van der Waals surface area contributed by atoms with E-state index in [-0.39, 0.29) is 24.5 Å². The molecule has 0 saturated carbocycles. The number of rotatable bonds is 3. The zero-order chi connectivity index (χ0) is 25.1. The number of halogens is 6. The van der Waals surface area contributed by atoms with Crippen molar-refractivity contribution in [1.29, 1.82) is 0 Å². The Morgan fingerprint density at radius 3 is 2.49 bits per heavy atom. The zero-order valence-corrected chi connectivity index (χ0v) is 17.7. The number of alkyl halides is 6. The van der Waals surface area contributed by atoms with Gasteiger partial charge in [0.05, 0.1) is 29.4 Å². The fourth-order valence-corrected chi connectivity index (χ4v) is 4.33. The summed E-state index contributed by atoms with van der Waals surface area (Å²) in [6.07, 6.45) is -4.97. The lowest BCUT2D eigenvalue weighted by atomic mass is 9.89. The van der Waals surface area contributed by atoms with Gasteiger partial charge in [-0.05, 0) is 35.4 Å².